The predicted molar refractivity (Wildman–Crippen MR) is 72.5 cm³/mol. The minimum Gasteiger partial charge on any atom is -0.494 e. The Morgan fingerprint density at radius 1 is 1.21 bits per heavy atom. The van der Waals surface area contributed by atoms with E-state index in [4.69, 9.17) is 4.74 Å². The zero-order chi connectivity index (χ0) is 14.3. The highest BCUT2D eigenvalue weighted by atomic mass is 16.5. The first kappa shape index (κ1) is 15.2. The van der Waals surface area contributed by atoms with Crippen LogP contribution in [0.2, 0.25) is 0 Å². The van der Waals surface area contributed by atoms with Crippen LogP contribution in [-0.2, 0) is 9.53 Å². The second-order valence-electron chi connectivity index (χ2n) is 4.26. The molecule has 4 heteroatoms. The monoisotopic (exact) mass is 264 g/mol. The van der Waals surface area contributed by atoms with Crippen LogP contribution >= 0.6 is 0 Å². The molecular formula is C15H20O4. The van der Waals surface area contributed by atoms with Crippen LogP contribution in [0.3, 0.4) is 0 Å². The van der Waals surface area contributed by atoms with Crippen LogP contribution in [0.5, 0.6) is 5.75 Å². The van der Waals surface area contributed by atoms with Crippen LogP contribution in [0.1, 0.15) is 42.1 Å². The third kappa shape index (κ3) is 4.73. The number of aryl methyl sites for hydroxylation is 1. The van der Waals surface area contributed by atoms with Gasteiger partial charge in [0.15, 0.2) is 5.78 Å². The van der Waals surface area contributed by atoms with E-state index in [0.717, 1.165) is 11.3 Å². The Hall–Kier alpha value is -1.84. The first-order valence-corrected chi connectivity index (χ1v) is 6.42. The number of carbonyl (C=O) groups is 2. The Bertz CT molecular complexity index is 451. The largest absolute Gasteiger partial charge is 0.494 e. The molecule has 0 unspecified atom stereocenters. The summed E-state index contributed by atoms with van der Waals surface area (Å²) >= 11 is 0. The van der Waals surface area contributed by atoms with E-state index in [1.54, 1.807) is 12.1 Å². The van der Waals surface area contributed by atoms with Gasteiger partial charge in [-0.3, -0.25) is 9.59 Å². The molecule has 19 heavy (non-hydrogen) atoms. The number of hydrogen-bond donors (Lipinski definition) is 0. The van der Waals surface area contributed by atoms with Crippen molar-refractivity contribution in [1.82, 2.24) is 0 Å². The van der Waals surface area contributed by atoms with Gasteiger partial charge in [-0.15, -0.1) is 0 Å². The molecule has 0 saturated carbocycles. The molecule has 0 saturated heterocycles. The summed E-state index contributed by atoms with van der Waals surface area (Å²) in [6.07, 6.45) is 1.14. The highest BCUT2D eigenvalue weighted by molar-refractivity contribution is 5.97. The van der Waals surface area contributed by atoms with E-state index in [9.17, 15) is 9.59 Å². The molecule has 0 bridgehead atoms. The van der Waals surface area contributed by atoms with Gasteiger partial charge in [-0.05, 0) is 44.0 Å². The number of benzene rings is 1. The topological polar surface area (TPSA) is 52.6 Å². The zero-order valence-corrected chi connectivity index (χ0v) is 11.7. The normalized spacial score (nSPS) is 10.1. The van der Waals surface area contributed by atoms with Crippen LogP contribution in [0.15, 0.2) is 18.2 Å². The Balaban J connectivity index is 2.59. The maximum atomic E-state index is 12.0. The first-order chi connectivity index (χ1) is 9.08. The fourth-order valence-electron chi connectivity index (χ4n) is 1.84. The lowest BCUT2D eigenvalue weighted by Crippen LogP contribution is -2.05. The van der Waals surface area contributed by atoms with E-state index in [0.29, 0.717) is 25.0 Å². The lowest BCUT2D eigenvalue weighted by molar-refractivity contribution is -0.140. The summed E-state index contributed by atoms with van der Waals surface area (Å²) in [5.74, 6) is 0.534. The van der Waals surface area contributed by atoms with E-state index in [1.165, 1.54) is 7.11 Å². The number of methoxy groups -OCH3 is 1. The molecule has 0 N–H and O–H groups in total. The van der Waals surface area contributed by atoms with Crippen LogP contribution in [-0.4, -0.2) is 25.5 Å². The summed E-state index contributed by atoms with van der Waals surface area (Å²) < 4.78 is 9.91. The number of hydrogen-bond acceptors (Lipinski definition) is 4. The van der Waals surface area contributed by atoms with Crippen molar-refractivity contribution in [2.75, 3.05) is 13.7 Å². The smallest absolute Gasteiger partial charge is 0.305 e. The van der Waals surface area contributed by atoms with Crippen molar-refractivity contribution in [2.45, 2.75) is 33.1 Å². The quantitative estimate of drug-likeness (QED) is 0.561. The van der Waals surface area contributed by atoms with Gasteiger partial charge in [-0.2, -0.15) is 0 Å². The molecule has 0 amide bonds. The molecule has 0 fully saturated rings. The summed E-state index contributed by atoms with van der Waals surface area (Å²) in [7, 11) is 1.35. The van der Waals surface area contributed by atoms with Crippen LogP contribution in [0, 0.1) is 6.92 Å². The number of esters is 1. The van der Waals surface area contributed by atoms with Crippen LogP contribution in [0.25, 0.3) is 0 Å². The maximum Gasteiger partial charge on any atom is 0.305 e. The van der Waals surface area contributed by atoms with E-state index in [-0.39, 0.29) is 18.2 Å². The predicted octanol–water partition coefficient (Wildman–Crippen LogP) is 2.92. The molecule has 0 aromatic heterocycles. The molecule has 0 heterocycles. The first-order valence-electron chi connectivity index (χ1n) is 6.42. The van der Waals surface area contributed by atoms with Crippen molar-refractivity contribution in [3.63, 3.8) is 0 Å². The average molecular weight is 264 g/mol. The molecule has 1 aromatic carbocycles. The lowest BCUT2D eigenvalue weighted by atomic mass is 10.0. The molecule has 0 aliphatic carbocycles. The Kier molecular flexibility index (Phi) is 6.06. The van der Waals surface area contributed by atoms with Crippen molar-refractivity contribution < 1.29 is 19.1 Å². The highest BCUT2D eigenvalue weighted by Crippen LogP contribution is 2.19. The van der Waals surface area contributed by atoms with Crippen LogP contribution in [0.4, 0.5) is 0 Å². The van der Waals surface area contributed by atoms with Gasteiger partial charge in [0.05, 0.1) is 13.7 Å². The van der Waals surface area contributed by atoms with Gasteiger partial charge in [0.2, 0.25) is 0 Å². The summed E-state index contributed by atoms with van der Waals surface area (Å²) in [6.45, 7) is 4.41. The van der Waals surface area contributed by atoms with E-state index >= 15 is 0 Å². The zero-order valence-electron chi connectivity index (χ0n) is 11.7. The Morgan fingerprint density at radius 3 is 2.53 bits per heavy atom. The van der Waals surface area contributed by atoms with Gasteiger partial charge in [-0.1, -0.05) is 0 Å². The minimum absolute atomic E-state index is 0.0458. The Labute approximate surface area is 113 Å². The standard InChI is InChI=1S/C15H20O4/c1-4-19-12-8-9-13(11(2)10-12)14(16)6-5-7-15(17)18-3/h8-10H,4-7H2,1-3H3. The SMILES string of the molecule is CCOc1ccc(C(=O)CCCC(=O)OC)c(C)c1. The van der Waals surface area contributed by atoms with Crippen molar-refractivity contribution in [3.05, 3.63) is 29.3 Å². The maximum absolute atomic E-state index is 12.0. The molecule has 104 valence electrons. The third-order valence-corrected chi connectivity index (χ3v) is 2.82. The van der Waals surface area contributed by atoms with Crippen molar-refractivity contribution in [3.8, 4) is 5.75 Å². The third-order valence-electron chi connectivity index (χ3n) is 2.82. The fourth-order valence-corrected chi connectivity index (χ4v) is 1.84. The van der Waals surface area contributed by atoms with Crippen LogP contribution < -0.4 is 4.74 Å². The summed E-state index contributed by atoms with van der Waals surface area (Å²) in [5, 5.41) is 0. The number of ketones is 1. The minimum atomic E-state index is -0.281. The number of carbonyl (C=O) groups excluding carboxylic acids is 2. The van der Waals surface area contributed by atoms with Gasteiger partial charge in [0.25, 0.3) is 0 Å². The molecule has 0 atom stereocenters. The van der Waals surface area contributed by atoms with Gasteiger partial charge in [0.1, 0.15) is 5.75 Å². The number of Topliss-reactive ketones (excluding diaryl/α,β-unsaturated/α-hetero) is 1. The summed E-state index contributed by atoms with van der Waals surface area (Å²) in [6, 6.07) is 5.43. The number of ether oxygens (including phenoxy) is 2. The summed E-state index contributed by atoms with van der Waals surface area (Å²) in [4.78, 5) is 23.0. The van der Waals surface area contributed by atoms with Gasteiger partial charge in [0, 0.05) is 18.4 Å². The average Bonchev–Trinajstić information content (AvgIpc) is 2.38. The fraction of sp³-hybridized carbons (Fsp3) is 0.467. The van der Waals surface area contributed by atoms with E-state index in [1.807, 2.05) is 19.9 Å². The number of rotatable bonds is 7. The van der Waals surface area contributed by atoms with Crippen molar-refractivity contribution in [2.24, 2.45) is 0 Å². The molecule has 0 aliphatic heterocycles. The van der Waals surface area contributed by atoms with Gasteiger partial charge in [-0.25, -0.2) is 0 Å². The molecule has 0 spiro atoms. The van der Waals surface area contributed by atoms with Crippen molar-refractivity contribution in [1.29, 1.82) is 0 Å². The molecule has 4 nitrogen and oxygen atoms in total. The van der Waals surface area contributed by atoms with Crippen molar-refractivity contribution >= 4 is 11.8 Å². The lowest BCUT2D eigenvalue weighted by Gasteiger charge is -2.08. The molecule has 0 aliphatic rings. The van der Waals surface area contributed by atoms with Gasteiger partial charge < -0.3 is 9.47 Å². The summed E-state index contributed by atoms with van der Waals surface area (Å²) in [5.41, 5.74) is 1.59. The highest BCUT2D eigenvalue weighted by Gasteiger charge is 2.11. The Morgan fingerprint density at radius 2 is 1.95 bits per heavy atom. The molecule has 1 rings (SSSR count). The molecular weight excluding hydrogens is 244 g/mol. The second kappa shape index (κ2) is 7.56. The van der Waals surface area contributed by atoms with E-state index in [2.05, 4.69) is 4.74 Å². The van der Waals surface area contributed by atoms with E-state index < -0.39 is 0 Å². The molecule has 1 aromatic rings. The van der Waals surface area contributed by atoms with Gasteiger partial charge >= 0.3 is 5.97 Å². The second-order valence-corrected chi connectivity index (χ2v) is 4.26. The molecule has 0 radical (unpaired) electrons.